The lowest BCUT2D eigenvalue weighted by atomic mass is 10.1. The third-order valence-corrected chi connectivity index (χ3v) is 4.03. The molecule has 0 radical (unpaired) electrons. The van der Waals surface area contributed by atoms with E-state index in [4.69, 9.17) is 13.6 Å². The minimum Gasteiger partial charge on any atom is -0.497 e. The fraction of sp³-hybridized carbons (Fsp3) is 0.188. The Hall–Kier alpha value is -2.54. The Kier molecular flexibility index (Phi) is 4.47. The van der Waals surface area contributed by atoms with Crippen LogP contribution in [0.4, 0.5) is 0 Å². The molecule has 0 fully saturated rings. The summed E-state index contributed by atoms with van der Waals surface area (Å²) in [6.07, 6.45) is 1.56. The Morgan fingerprint density at radius 2 is 2.17 bits per heavy atom. The fourth-order valence-corrected chi connectivity index (χ4v) is 2.65. The summed E-state index contributed by atoms with van der Waals surface area (Å²) in [6, 6.07) is 8.79. The Morgan fingerprint density at radius 3 is 2.91 bits per heavy atom. The average Bonchev–Trinajstić information content (AvgIpc) is 3.21. The van der Waals surface area contributed by atoms with Crippen LogP contribution in [-0.2, 0) is 0 Å². The van der Waals surface area contributed by atoms with Crippen LogP contribution in [0, 0.1) is 6.92 Å². The Labute approximate surface area is 136 Å². The van der Waals surface area contributed by atoms with Crippen molar-refractivity contribution >= 4 is 17.5 Å². The molecule has 3 rings (SSSR count). The van der Waals surface area contributed by atoms with Crippen molar-refractivity contribution in [2.24, 2.45) is 0 Å². The molecular formula is C16H14N2O4S. The van der Waals surface area contributed by atoms with Crippen LogP contribution in [0.2, 0.25) is 0 Å². The zero-order valence-corrected chi connectivity index (χ0v) is 13.4. The number of Topliss-reactive ketones (excluding diaryl/α,β-unsaturated/α-hetero) is 1. The number of ketones is 1. The van der Waals surface area contributed by atoms with Gasteiger partial charge in [-0.15, -0.1) is 10.2 Å². The van der Waals surface area contributed by atoms with Gasteiger partial charge >= 0.3 is 0 Å². The maximum Gasteiger partial charge on any atom is 0.277 e. The summed E-state index contributed by atoms with van der Waals surface area (Å²) in [5, 5.41) is 8.25. The zero-order chi connectivity index (χ0) is 16.2. The van der Waals surface area contributed by atoms with Gasteiger partial charge in [0, 0.05) is 5.56 Å². The van der Waals surface area contributed by atoms with Gasteiger partial charge < -0.3 is 13.6 Å². The fourth-order valence-electron chi connectivity index (χ4n) is 1.99. The molecule has 0 saturated heterocycles. The highest BCUT2D eigenvalue weighted by Gasteiger charge is 2.15. The molecule has 1 aromatic carbocycles. The first-order valence-electron chi connectivity index (χ1n) is 6.85. The molecule has 0 spiro atoms. The SMILES string of the molecule is COc1cccc(C(=O)CSc2nnc(-c3ccoc3C)o2)c1. The first kappa shape index (κ1) is 15.4. The predicted octanol–water partition coefficient (Wildman–Crippen LogP) is 3.62. The van der Waals surface area contributed by atoms with Crippen LogP contribution in [0.25, 0.3) is 11.5 Å². The lowest BCUT2D eigenvalue weighted by molar-refractivity contribution is 0.102. The van der Waals surface area contributed by atoms with E-state index in [9.17, 15) is 4.79 Å². The highest BCUT2D eigenvalue weighted by Crippen LogP contribution is 2.26. The maximum atomic E-state index is 12.2. The van der Waals surface area contributed by atoms with Crippen molar-refractivity contribution in [2.75, 3.05) is 12.9 Å². The van der Waals surface area contributed by atoms with Crippen LogP contribution in [0.5, 0.6) is 5.75 Å². The summed E-state index contributed by atoms with van der Waals surface area (Å²) in [5.74, 6) is 1.91. The van der Waals surface area contributed by atoms with Gasteiger partial charge in [-0.1, -0.05) is 23.9 Å². The first-order chi connectivity index (χ1) is 11.2. The molecule has 0 aliphatic carbocycles. The molecule has 118 valence electrons. The normalized spacial score (nSPS) is 10.7. The Balaban J connectivity index is 1.65. The monoisotopic (exact) mass is 330 g/mol. The van der Waals surface area contributed by atoms with Gasteiger partial charge in [-0.3, -0.25) is 4.79 Å². The maximum absolute atomic E-state index is 12.2. The number of hydrogen-bond acceptors (Lipinski definition) is 7. The number of hydrogen-bond donors (Lipinski definition) is 0. The number of carbonyl (C=O) groups excluding carboxylic acids is 1. The van der Waals surface area contributed by atoms with E-state index in [1.165, 1.54) is 11.8 Å². The number of nitrogens with zero attached hydrogens (tertiary/aromatic N) is 2. The predicted molar refractivity (Wildman–Crippen MR) is 84.8 cm³/mol. The van der Waals surface area contributed by atoms with Gasteiger partial charge in [-0.05, 0) is 25.1 Å². The number of ether oxygens (including phenoxy) is 1. The van der Waals surface area contributed by atoms with Crippen molar-refractivity contribution in [3.63, 3.8) is 0 Å². The van der Waals surface area contributed by atoms with Crippen LogP contribution in [-0.4, -0.2) is 28.8 Å². The van der Waals surface area contributed by atoms with Crippen LogP contribution in [0.15, 0.2) is 50.7 Å². The Bertz CT molecular complexity index is 825. The molecule has 0 atom stereocenters. The molecule has 0 amide bonds. The molecule has 0 bridgehead atoms. The molecule has 0 unspecified atom stereocenters. The van der Waals surface area contributed by atoms with Crippen LogP contribution < -0.4 is 4.74 Å². The van der Waals surface area contributed by atoms with Gasteiger partial charge in [0.05, 0.1) is 24.7 Å². The minimum atomic E-state index is -0.0341. The van der Waals surface area contributed by atoms with Crippen molar-refractivity contribution in [1.82, 2.24) is 10.2 Å². The highest BCUT2D eigenvalue weighted by molar-refractivity contribution is 7.99. The van der Waals surface area contributed by atoms with Crippen LogP contribution in [0.1, 0.15) is 16.1 Å². The van der Waals surface area contributed by atoms with Crippen molar-refractivity contribution in [3.05, 3.63) is 47.9 Å². The van der Waals surface area contributed by atoms with Crippen LogP contribution in [0.3, 0.4) is 0 Å². The molecule has 7 heteroatoms. The average molecular weight is 330 g/mol. The number of aryl methyl sites for hydroxylation is 1. The molecule has 6 nitrogen and oxygen atoms in total. The molecule has 0 aliphatic rings. The lowest BCUT2D eigenvalue weighted by Gasteiger charge is -2.02. The molecule has 2 aromatic heterocycles. The van der Waals surface area contributed by atoms with Gasteiger partial charge in [0.15, 0.2) is 5.78 Å². The second-order valence-electron chi connectivity index (χ2n) is 4.71. The summed E-state index contributed by atoms with van der Waals surface area (Å²) >= 11 is 1.20. The zero-order valence-electron chi connectivity index (χ0n) is 12.6. The van der Waals surface area contributed by atoms with E-state index in [2.05, 4.69) is 10.2 Å². The molecule has 0 N–H and O–H groups in total. The smallest absolute Gasteiger partial charge is 0.277 e. The highest BCUT2D eigenvalue weighted by atomic mass is 32.2. The number of thioether (sulfide) groups is 1. The van der Waals surface area contributed by atoms with E-state index in [0.717, 1.165) is 5.56 Å². The number of carbonyl (C=O) groups is 1. The second-order valence-corrected chi connectivity index (χ2v) is 5.63. The van der Waals surface area contributed by atoms with Gasteiger partial charge in [-0.2, -0.15) is 0 Å². The van der Waals surface area contributed by atoms with Crippen molar-refractivity contribution in [2.45, 2.75) is 12.1 Å². The van der Waals surface area contributed by atoms with Gasteiger partial charge in [0.1, 0.15) is 11.5 Å². The number of furan rings is 1. The third-order valence-electron chi connectivity index (χ3n) is 3.21. The number of benzene rings is 1. The summed E-state index contributed by atoms with van der Waals surface area (Å²) in [6.45, 7) is 1.82. The van der Waals surface area contributed by atoms with Gasteiger partial charge in [0.25, 0.3) is 11.1 Å². The standard InChI is InChI=1S/C16H14N2O4S/c1-10-13(6-7-21-10)15-17-18-16(22-15)23-9-14(19)11-4-3-5-12(8-11)20-2/h3-8H,9H2,1-2H3. The summed E-state index contributed by atoms with van der Waals surface area (Å²) in [4.78, 5) is 12.2. The molecule has 2 heterocycles. The second kappa shape index (κ2) is 6.70. The largest absolute Gasteiger partial charge is 0.497 e. The first-order valence-corrected chi connectivity index (χ1v) is 7.84. The summed E-state index contributed by atoms with van der Waals surface area (Å²) in [5.41, 5.74) is 1.34. The van der Waals surface area contributed by atoms with E-state index < -0.39 is 0 Å². The van der Waals surface area contributed by atoms with E-state index in [0.29, 0.717) is 28.2 Å². The summed E-state index contributed by atoms with van der Waals surface area (Å²) < 4.78 is 15.9. The number of methoxy groups -OCH3 is 1. The number of aromatic nitrogens is 2. The molecule has 0 saturated carbocycles. The van der Waals surface area contributed by atoms with Crippen molar-refractivity contribution in [1.29, 1.82) is 0 Å². The topological polar surface area (TPSA) is 78.4 Å². The van der Waals surface area contributed by atoms with E-state index in [-0.39, 0.29) is 11.5 Å². The van der Waals surface area contributed by atoms with E-state index >= 15 is 0 Å². The van der Waals surface area contributed by atoms with Gasteiger partial charge in [0.2, 0.25) is 0 Å². The molecule has 23 heavy (non-hydrogen) atoms. The summed E-state index contributed by atoms with van der Waals surface area (Å²) in [7, 11) is 1.57. The quantitative estimate of drug-likeness (QED) is 0.504. The van der Waals surface area contributed by atoms with Crippen LogP contribution >= 0.6 is 11.8 Å². The molecule has 0 aliphatic heterocycles. The lowest BCUT2D eigenvalue weighted by Crippen LogP contribution is -2.02. The number of rotatable bonds is 6. The van der Waals surface area contributed by atoms with E-state index in [1.807, 2.05) is 6.92 Å². The minimum absolute atomic E-state index is 0.0341. The van der Waals surface area contributed by atoms with Gasteiger partial charge in [-0.25, -0.2) is 0 Å². The van der Waals surface area contributed by atoms with E-state index in [1.54, 1.807) is 43.7 Å². The molecule has 3 aromatic rings. The Morgan fingerprint density at radius 1 is 1.30 bits per heavy atom. The van der Waals surface area contributed by atoms with Crippen molar-refractivity contribution < 1.29 is 18.4 Å². The molecular weight excluding hydrogens is 316 g/mol. The third kappa shape index (κ3) is 3.45. The van der Waals surface area contributed by atoms with Crippen molar-refractivity contribution in [3.8, 4) is 17.2 Å².